The van der Waals surface area contributed by atoms with E-state index < -0.39 is 0 Å². The van der Waals surface area contributed by atoms with Crippen LogP contribution in [0.4, 0.5) is 0 Å². The standard InChI is InChI=1S/C10H14N6OS/c1-2-11-4-5-12-10(17)9-8(3-6-18-9)16-7-13-14-15-16/h3,6-7,11H,2,4-5H2,1H3,(H,12,17). The van der Waals surface area contributed by atoms with E-state index in [9.17, 15) is 4.79 Å². The molecule has 0 aliphatic carbocycles. The third-order valence-corrected chi connectivity index (χ3v) is 3.19. The van der Waals surface area contributed by atoms with Gasteiger partial charge in [-0.05, 0) is 28.4 Å². The van der Waals surface area contributed by atoms with Gasteiger partial charge in [0.1, 0.15) is 11.2 Å². The van der Waals surface area contributed by atoms with Crippen molar-refractivity contribution in [2.45, 2.75) is 6.92 Å². The third-order valence-electron chi connectivity index (χ3n) is 2.28. The lowest BCUT2D eigenvalue weighted by Crippen LogP contribution is -2.31. The zero-order chi connectivity index (χ0) is 12.8. The molecule has 0 unspecified atom stereocenters. The lowest BCUT2D eigenvalue weighted by molar-refractivity contribution is 0.0958. The average Bonchev–Trinajstić information content (AvgIpc) is 3.02. The summed E-state index contributed by atoms with van der Waals surface area (Å²) in [6.45, 7) is 4.27. The number of thiophene rings is 1. The molecular weight excluding hydrogens is 252 g/mol. The highest BCUT2D eigenvalue weighted by Crippen LogP contribution is 2.19. The molecule has 1 amide bonds. The van der Waals surface area contributed by atoms with E-state index in [1.807, 2.05) is 18.4 Å². The summed E-state index contributed by atoms with van der Waals surface area (Å²) in [4.78, 5) is 12.6. The van der Waals surface area contributed by atoms with E-state index in [0.29, 0.717) is 17.1 Å². The number of nitrogens with zero attached hydrogens (tertiary/aromatic N) is 4. The van der Waals surface area contributed by atoms with E-state index >= 15 is 0 Å². The maximum absolute atomic E-state index is 12.0. The first-order chi connectivity index (χ1) is 8.83. The fourth-order valence-corrected chi connectivity index (χ4v) is 2.24. The summed E-state index contributed by atoms with van der Waals surface area (Å²) in [5, 5.41) is 18.7. The molecule has 2 aromatic rings. The zero-order valence-electron chi connectivity index (χ0n) is 9.96. The SMILES string of the molecule is CCNCCNC(=O)c1sccc1-n1cnnn1. The van der Waals surface area contributed by atoms with Gasteiger partial charge in [-0.15, -0.1) is 16.4 Å². The second-order valence-electron chi connectivity index (χ2n) is 3.50. The van der Waals surface area contributed by atoms with Crippen LogP contribution >= 0.6 is 11.3 Å². The zero-order valence-corrected chi connectivity index (χ0v) is 10.8. The predicted molar refractivity (Wildman–Crippen MR) is 67.9 cm³/mol. The first-order valence-electron chi connectivity index (χ1n) is 5.62. The maximum Gasteiger partial charge on any atom is 0.263 e. The molecule has 8 heteroatoms. The van der Waals surface area contributed by atoms with Crippen LogP contribution in [-0.4, -0.2) is 45.7 Å². The number of likely N-dealkylation sites (N-methyl/N-ethyl adjacent to an activating group) is 1. The van der Waals surface area contributed by atoms with Crippen LogP contribution in [0.2, 0.25) is 0 Å². The van der Waals surface area contributed by atoms with Crippen molar-refractivity contribution in [1.82, 2.24) is 30.8 Å². The van der Waals surface area contributed by atoms with E-state index in [4.69, 9.17) is 0 Å². The molecule has 2 rings (SSSR count). The van der Waals surface area contributed by atoms with Crippen LogP contribution in [0.3, 0.4) is 0 Å². The third kappa shape index (κ3) is 2.90. The Labute approximate surface area is 108 Å². The highest BCUT2D eigenvalue weighted by atomic mass is 32.1. The van der Waals surface area contributed by atoms with Gasteiger partial charge in [0.15, 0.2) is 0 Å². The number of carbonyl (C=O) groups is 1. The van der Waals surface area contributed by atoms with Gasteiger partial charge in [-0.2, -0.15) is 4.68 Å². The van der Waals surface area contributed by atoms with E-state index in [1.54, 1.807) is 0 Å². The molecule has 2 N–H and O–H groups in total. The van der Waals surface area contributed by atoms with Crippen molar-refractivity contribution >= 4 is 17.2 Å². The molecule has 0 saturated carbocycles. The molecule has 7 nitrogen and oxygen atoms in total. The minimum atomic E-state index is -0.103. The van der Waals surface area contributed by atoms with Crippen molar-refractivity contribution in [3.05, 3.63) is 22.7 Å². The molecular formula is C10H14N6OS. The van der Waals surface area contributed by atoms with E-state index in [2.05, 4.69) is 26.2 Å². The molecule has 0 bridgehead atoms. The quantitative estimate of drug-likeness (QED) is 0.722. The van der Waals surface area contributed by atoms with Crippen LogP contribution < -0.4 is 10.6 Å². The molecule has 2 heterocycles. The van der Waals surface area contributed by atoms with Gasteiger partial charge in [0.25, 0.3) is 5.91 Å². The smallest absolute Gasteiger partial charge is 0.263 e. The molecule has 0 aromatic carbocycles. The van der Waals surface area contributed by atoms with Gasteiger partial charge in [-0.25, -0.2) is 0 Å². The van der Waals surface area contributed by atoms with Crippen LogP contribution in [-0.2, 0) is 0 Å². The lowest BCUT2D eigenvalue weighted by Gasteiger charge is -2.05. The molecule has 96 valence electrons. The van der Waals surface area contributed by atoms with Crippen molar-refractivity contribution < 1.29 is 4.79 Å². The second kappa shape index (κ2) is 6.22. The minimum Gasteiger partial charge on any atom is -0.350 e. The Morgan fingerprint density at radius 2 is 2.39 bits per heavy atom. The minimum absolute atomic E-state index is 0.103. The number of carbonyl (C=O) groups excluding carboxylic acids is 1. The van der Waals surface area contributed by atoms with Crippen molar-refractivity contribution in [1.29, 1.82) is 0 Å². The van der Waals surface area contributed by atoms with Crippen LogP contribution in [0.1, 0.15) is 16.6 Å². The van der Waals surface area contributed by atoms with E-state index in [-0.39, 0.29) is 5.91 Å². The van der Waals surface area contributed by atoms with Crippen molar-refractivity contribution in [2.75, 3.05) is 19.6 Å². The monoisotopic (exact) mass is 266 g/mol. The summed E-state index contributed by atoms with van der Waals surface area (Å²) in [7, 11) is 0. The Morgan fingerprint density at radius 3 is 3.11 bits per heavy atom. The molecule has 0 fully saturated rings. The number of hydrogen-bond acceptors (Lipinski definition) is 6. The van der Waals surface area contributed by atoms with Gasteiger partial charge in [0.2, 0.25) is 0 Å². The maximum atomic E-state index is 12.0. The number of hydrogen-bond donors (Lipinski definition) is 2. The van der Waals surface area contributed by atoms with Crippen LogP contribution in [0.15, 0.2) is 17.8 Å². The Bertz CT molecular complexity index is 494. The molecule has 0 saturated heterocycles. The lowest BCUT2D eigenvalue weighted by atomic mass is 10.3. The summed E-state index contributed by atoms with van der Waals surface area (Å²) >= 11 is 1.37. The van der Waals surface area contributed by atoms with Gasteiger partial charge < -0.3 is 10.6 Å². The van der Waals surface area contributed by atoms with Gasteiger partial charge >= 0.3 is 0 Å². The highest BCUT2D eigenvalue weighted by Gasteiger charge is 2.14. The number of rotatable bonds is 6. The molecule has 0 aliphatic rings. The fraction of sp³-hybridized carbons (Fsp3) is 0.400. The predicted octanol–water partition coefficient (Wildman–Crippen LogP) is 0.0631. The van der Waals surface area contributed by atoms with Gasteiger partial charge in [0.05, 0.1) is 5.69 Å². The van der Waals surface area contributed by atoms with Crippen LogP contribution in [0, 0.1) is 0 Å². The first-order valence-corrected chi connectivity index (χ1v) is 6.50. The Morgan fingerprint density at radius 1 is 1.50 bits per heavy atom. The molecule has 18 heavy (non-hydrogen) atoms. The van der Waals surface area contributed by atoms with Gasteiger partial charge in [0, 0.05) is 13.1 Å². The topological polar surface area (TPSA) is 84.7 Å². The molecule has 2 aromatic heterocycles. The molecule has 0 aliphatic heterocycles. The molecule has 0 atom stereocenters. The van der Waals surface area contributed by atoms with Crippen molar-refractivity contribution in [3.8, 4) is 5.69 Å². The summed E-state index contributed by atoms with van der Waals surface area (Å²) in [5.41, 5.74) is 0.700. The van der Waals surface area contributed by atoms with Crippen molar-refractivity contribution in [3.63, 3.8) is 0 Å². The van der Waals surface area contributed by atoms with Gasteiger partial charge in [-0.3, -0.25) is 4.79 Å². The van der Waals surface area contributed by atoms with E-state index in [1.165, 1.54) is 22.3 Å². The second-order valence-corrected chi connectivity index (χ2v) is 4.41. The number of nitrogens with one attached hydrogen (secondary N) is 2. The Kier molecular flexibility index (Phi) is 4.37. The summed E-state index contributed by atoms with van der Waals surface area (Å²) < 4.78 is 1.48. The van der Waals surface area contributed by atoms with E-state index in [0.717, 1.165) is 13.1 Å². The first kappa shape index (κ1) is 12.7. The Hall–Kier alpha value is -1.80. The van der Waals surface area contributed by atoms with Crippen molar-refractivity contribution in [2.24, 2.45) is 0 Å². The average molecular weight is 266 g/mol. The summed E-state index contributed by atoms with van der Waals surface area (Å²) in [6.07, 6.45) is 1.47. The summed E-state index contributed by atoms with van der Waals surface area (Å²) in [5.74, 6) is -0.103. The highest BCUT2D eigenvalue weighted by molar-refractivity contribution is 7.12. The molecule has 0 spiro atoms. The van der Waals surface area contributed by atoms with Gasteiger partial charge in [-0.1, -0.05) is 6.92 Å². The van der Waals surface area contributed by atoms with Crippen LogP contribution in [0.25, 0.3) is 5.69 Å². The number of tetrazole rings is 1. The Balaban J connectivity index is 2.01. The molecule has 0 radical (unpaired) electrons. The number of amides is 1. The number of aromatic nitrogens is 4. The largest absolute Gasteiger partial charge is 0.350 e. The van der Waals surface area contributed by atoms with Crippen LogP contribution in [0.5, 0.6) is 0 Å². The summed E-state index contributed by atoms with van der Waals surface area (Å²) in [6, 6.07) is 1.82. The fourth-order valence-electron chi connectivity index (χ4n) is 1.45. The normalized spacial score (nSPS) is 10.5.